The molecule has 2 N–H and O–H groups in total. The highest BCUT2D eigenvalue weighted by Crippen LogP contribution is 2.62. The molecule has 0 saturated carbocycles. The molecule has 0 bridgehead atoms. The highest BCUT2D eigenvalue weighted by molar-refractivity contribution is 5.99. The first kappa shape index (κ1) is 20.4. The van der Waals surface area contributed by atoms with E-state index in [9.17, 15) is 5.11 Å². The van der Waals surface area contributed by atoms with Crippen molar-refractivity contribution in [1.29, 1.82) is 0 Å². The van der Waals surface area contributed by atoms with Gasteiger partial charge in [0.05, 0.1) is 5.41 Å². The number of hydrogen-bond donors (Lipinski definition) is 2. The highest BCUT2D eigenvalue weighted by atomic mass is 16.5. The molecular formula is C34H23NO2. The maximum Gasteiger partial charge on any atom is 0.140 e. The molecule has 0 amide bonds. The molecule has 176 valence electrons. The molecule has 2 heterocycles. The van der Waals surface area contributed by atoms with Gasteiger partial charge in [-0.2, -0.15) is 0 Å². The van der Waals surface area contributed by atoms with Crippen molar-refractivity contribution in [3.05, 3.63) is 137 Å². The van der Waals surface area contributed by atoms with Crippen molar-refractivity contribution >= 4 is 32.9 Å². The number of aromatic hydroxyl groups is 1. The van der Waals surface area contributed by atoms with E-state index in [1.165, 1.54) is 16.7 Å². The number of nitrogens with one attached hydrogen (secondary N) is 1. The first-order valence-electron chi connectivity index (χ1n) is 12.6. The van der Waals surface area contributed by atoms with Crippen molar-refractivity contribution in [3.8, 4) is 17.2 Å². The predicted molar refractivity (Wildman–Crippen MR) is 150 cm³/mol. The summed E-state index contributed by atoms with van der Waals surface area (Å²) < 4.78 is 6.94. The molecule has 1 spiro atoms. The molecule has 2 aliphatic heterocycles. The molecule has 37 heavy (non-hydrogen) atoms. The zero-order chi connectivity index (χ0) is 24.7. The lowest BCUT2D eigenvalue weighted by Gasteiger charge is -2.46. The Hall–Kier alpha value is -4.76. The van der Waals surface area contributed by atoms with Gasteiger partial charge >= 0.3 is 0 Å². The normalized spacial score (nSPS) is 14.3. The van der Waals surface area contributed by atoms with Crippen LogP contribution in [0.15, 0.2) is 109 Å². The SMILES string of the molecule is Cc1ccc2c3c(ccc2c1)C1(c2ccccc2Nc2ccccc21)c1ccc2cc(O)ccc2c1O3. The van der Waals surface area contributed by atoms with Gasteiger partial charge in [0, 0.05) is 33.3 Å². The van der Waals surface area contributed by atoms with Gasteiger partial charge in [0.2, 0.25) is 0 Å². The number of benzene rings is 6. The third-order valence-corrected chi connectivity index (χ3v) is 8.02. The second-order valence-corrected chi connectivity index (χ2v) is 10.1. The fourth-order valence-corrected chi connectivity index (χ4v) is 6.48. The van der Waals surface area contributed by atoms with E-state index in [-0.39, 0.29) is 5.75 Å². The van der Waals surface area contributed by atoms with Crippen LogP contribution < -0.4 is 10.1 Å². The molecule has 6 aromatic carbocycles. The number of rotatable bonds is 0. The summed E-state index contributed by atoms with van der Waals surface area (Å²) in [6.45, 7) is 2.12. The number of para-hydroxylation sites is 2. The van der Waals surface area contributed by atoms with Crippen molar-refractivity contribution in [2.45, 2.75) is 12.3 Å². The lowest BCUT2D eigenvalue weighted by atomic mass is 9.61. The Morgan fingerprint density at radius 1 is 0.595 bits per heavy atom. The van der Waals surface area contributed by atoms with E-state index in [1.807, 2.05) is 6.07 Å². The summed E-state index contributed by atoms with van der Waals surface area (Å²) in [6, 6.07) is 38.0. The molecule has 3 nitrogen and oxygen atoms in total. The smallest absolute Gasteiger partial charge is 0.140 e. The van der Waals surface area contributed by atoms with Crippen molar-refractivity contribution in [2.24, 2.45) is 0 Å². The number of phenolic OH excluding ortho intramolecular Hbond substituents is 1. The third-order valence-electron chi connectivity index (χ3n) is 8.02. The molecule has 2 aliphatic rings. The van der Waals surface area contributed by atoms with Gasteiger partial charge in [-0.1, -0.05) is 84.4 Å². The minimum atomic E-state index is -0.577. The third kappa shape index (κ3) is 2.61. The maximum absolute atomic E-state index is 10.2. The molecule has 0 unspecified atom stereocenters. The van der Waals surface area contributed by atoms with Gasteiger partial charge < -0.3 is 15.2 Å². The predicted octanol–water partition coefficient (Wildman–Crippen LogP) is 8.55. The Bertz CT molecular complexity index is 1780. The number of phenols is 1. The summed E-state index contributed by atoms with van der Waals surface area (Å²) in [5.41, 5.74) is 7.46. The fraction of sp³-hybridized carbons (Fsp3) is 0.0588. The van der Waals surface area contributed by atoms with Gasteiger partial charge in [0.25, 0.3) is 0 Å². The van der Waals surface area contributed by atoms with E-state index in [4.69, 9.17) is 4.74 Å². The average molecular weight is 478 g/mol. The Balaban J connectivity index is 1.61. The second-order valence-electron chi connectivity index (χ2n) is 10.1. The van der Waals surface area contributed by atoms with E-state index >= 15 is 0 Å². The van der Waals surface area contributed by atoms with Crippen LogP contribution in [0, 0.1) is 6.92 Å². The average Bonchev–Trinajstić information content (AvgIpc) is 2.92. The van der Waals surface area contributed by atoms with Gasteiger partial charge in [-0.15, -0.1) is 0 Å². The van der Waals surface area contributed by atoms with Crippen LogP contribution in [0.3, 0.4) is 0 Å². The summed E-state index contributed by atoms with van der Waals surface area (Å²) in [5, 5.41) is 18.1. The molecule has 0 aromatic heterocycles. The quantitative estimate of drug-likeness (QED) is 0.230. The molecular weight excluding hydrogens is 454 g/mol. The molecule has 0 fully saturated rings. The topological polar surface area (TPSA) is 41.5 Å². The van der Waals surface area contributed by atoms with Gasteiger partial charge in [0.15, 0.2) is 0 Å². The number of fused-ring (bicyclic) bond motifs is 12. The first-order chi connectivity index (χ1) is 18.1. The zero-order valence-corrected chi connectivity index (χ0v) is 20.2. The first-order valence-corrected chi connectivity index (χ1v) is 12.6. The largest absolute Gasteiger partial charge is 0.508 e. The molecule has 3 heteroatoms. The minimum Gasteiger partial charge on any atom is -0.508 e. The van der Waals surface area contributed by atoms with Crippen LogP contribution in [0.1, 0.15) is 27.8 Å². The van der Waals surface area contributed by atoms with Crippen LogP contribution in [0.5, 0.6) is 17.2 Å². The zero-order valence-electron chi connectivity index (χ0n) is 20.2. The summed E-state index contributed by atoms with van der Waals surface area (Å²) in [5.74, 6) is 1.97. The van der Waals surface area contributed by atoms with Crippen molar-refractivity contribution < 1.29 is 9.84 Å². The van der Waals surface area contributed by atoms with E-state index in [2.05, 4.69) is 103 Å². The number of anilines is 2. The summed E-state index contributed by atoms with van der Waals surface area (Å²) in [7, 11) is 0. The molecule has 0 atom stereocenters. The highest BCUT2D eigenvalue weighted by Gasteiger charge is 2.50. The van der Waals surface area contributed by atoms with E-state index in [0.29, 0.717) is 0 Å². The van der Waals surface area contributed by atoms with Crippen LogP contribution in [-0.4, -0.2) is 5.11 Å². The number of ether oxygens (including phenoxy) is 1. The maximum atomic E-state index is 10.2. The van der Waals surface area contributed by atoms with Crippen molar-refractivity contribution in [2.75, 3.05) is 5.32 Å². The van der Waals surface area contributed by atoms with Crippen LogP contribution >= 0.6 is 0 Å². The molecule has 0 saturated heterocycles. The van der Waals surface area contributed by atoms with Crippen LogP contribution in [0.4, 0.5) is 11.4 Å². The monoisotopic (exact) mass is 477 g/mol. The van der Waals surface area contributed by atoms with E-state index < -0.39 is 5.41 Å². The molecule has 0 radical (unpaired) electrons. The van der Waals surface area contributed by atoms with E-state index in [0.717, 1.165) is 55.5 Å². The van der Waals surface area contributed by atoms with Gasteiger partial charge in [-0.3, -0.25) is 0 Å². The van der Waals surface area contributed by atoms with Gasteiger partial charge in [0.1, 0.15) is 17.2 Å². The molecule has 8 rings (SSSR count). The van der Waals surface area contributed by atoms with Crippen LogP contribution in [0.2, 0.25) is 0 Å². The van der Waals surface area contributed by atoms with Gasteiger partial charge in [-0.05, 0) is 59.2 Å². The minimum absolute atomic E-state index is 0.247. The van der Waals surface area contributed by atoms with E-state index in [1.54, 1.807) is 12.1 Å². The van der Waals surface area contributed by atoms with Crippen molar-refractivity contribution in [3.63, 3.8) is 0 Å². The summed E-state index contributed by atoms with van der Waals surface area (Å²) in [4.78, 5) is 0. The van der Waals surface area contributed by atoms with Gasteiger partial charge in [-0.25, -0.2) is 0 Å². The Morgan fingerprint density at radius 2 is 1.16 bits per heavy atom. The van der Waals surface area contributed by atoms with Crippen LogP contribution in [0.25, 0.3) is 21.5 Å². The second kappa shape index (κ2) is 7.14. The standard InChI is InChI=1S/C34H23NO2/c1-20-10-14-24-21(18-20)11-16-28-32(24)37-33-25-15-13-23(36)19-22(25)12-17-29(33)34(28)26-6-2-4-8-30(26)35-31-9-5-3-7-27(31)34/h2-19,35-36H,1H3. The summed E-state index contributed by atoms with van der Waals surface area (Å²) in [6.07, 6.45) is 0. The fourth-order valence-electron chi connectivity index (χ4n) is 6.48. The Kier molecular flexibility index (Phi) is 3.95. The summed E-state index contributed by atoms with van der Waals surface area (Å²) >= 11 is 0. The van der Waals surface area contributed by atoms with Crippen molar-refractivity contribution in [1.82, 2.24) is 0 Å². The molecule has 0 aliphatic carbocycles. The number of hydrogen-bond acceptors (Lipinski definition) is 3. The van der Waals surface area contributed by atoms with Crippen LogP contribution in [-0.2, 0) is 5.41 Å². The molecule has 6 aromatic rings. The number of aryl methyl sites for hydroxylation is 1. The Labute approximate surface area is 214 Å². The lowest BCUT2D eigenvalue weighted by molar-refractivity contribution is 0.445. The Morgan fingerprint density at radius 3 is 1.81 bits per heavy atom. The lowest BCUT2D eigenvalue weighted by Crippen LogP contribution is -2.37.